The highest BCUT2D eigenvalue weighted by Gasteiger charge is 2.14. The van der Waals surface area contributed by atoms with Crippen LogP contribution in [-0.4, -0.2) is 4.98 Å². The second-order valence-electron chi connectivity index (χ2n) is 5.50. The molecular weight excluding hydrogens is 338 g/mol. The molecule has 0 amide bonds. The molecule has 1 aromatic heterocycles. The highest BCUT2D eigenvalue weighted by molar-refractivity contribution is 7.47. The Balaban J connectivity index is 2.23. The smallest absolute Gasteiger partial charge is 0.100 e. The van der Waals surface area contributed by atoms with Crippen LogP contribution in [-0.2, 0) is 12.4 Å². The summed E-state index contributed by atoms with van der Waals surface area (Å²) in [5.74, 6) is 0. The van der Waals surface area contributed by atoms with Crippen molar-refractivity contribution < 1.29 is 0 Å². The van der Waals surface area contributed by atoms with Gasteiger partial charge in [0.15, 0.2) is 0 Å². The lowest BCUT2D eigenvalue weighted by Gasteiger charge is -2.13. The predicted molar refractivity (Wildman–Crippen MR) is 104 cm³/mol. The fraction of sp³-hybridized carbons (Fsp3) is 0. The van der Waals surface area contributed by atoms with Crippen LogP contribution in [0.25, 0.3) is 32.9 Å². The zero-order chi connectivity index (χ0) is 16.7. The highest BCUT2D eigenvalue weighted by Crippen LogP contribution is 2.40. The molecule has 4 aromatic rings. The van der Waals surface area contributed by atoms with Crippen LogP contribution in [0.15, 0.2) is 65.0 Å². The fourth-order valence-corrected chi connectivity index (χ4v) is 3.31. The minimum absolute atomic E-state index is 0.564. The van der Waals surface area contributed by atoms with Gasteiger partial charge in [-0.2, -0.15) is 4.36 Å². The van der Waals surface area contributed by atoms with Gasteiger partial charge in [-0.1, -0.05) is 48.0 Å². The van der Waals surface area contributed by atoms with E-state index < -0.39 is 0 Å². The topological polar surface area (TPSA) is 51.3 Å². The molecular formula is C19H12ClN3S. The van der Waals surface area contributed by atoms with E-state index in [-0.39, 0.29) is 0 Å². The first kappa shape index (κ1) is 15.0. The van der Waals surface area contributed by atoms with Crippen molar-refractivity contribution in [3.63, 3.8) is 0 Å². The first-order valence-corrected chi connectivity index (χ1v) is 8.13. The maximum absolute atomic E-state index is 6.36. The Morgan fingerprint density at radius 3 is 2.46 bits per heavy atom. The summed E-state index contributed by atoms with van der Waals surface area (Å²) in [6, 6.07) is 19.4. The van der Waals surface area contributed by atoms with Crippen molar-refractivity contribution >= 4 is 57.1 Å². The highest BCUT2D eigenvalue weighted by atomic mass is 35.5. The van der Waals surface area contributed by atoms with Crippen molar-refractivity contribution in [1.29, 1.82) is 0 Å². The number of halogens is 1. The van der Waals surface area contributed by atoms with Crippen LogP contribution in [0.4, 0.5) is 11.4 Å². The summed E-state index contributed by atoms with van der Waals surface area (Å²) in [6.45, 7) is 0. The van der Waals surface area contributed by atoms with E-state index in [1.165, 1.54) is 0 Å². The second-order valence-corrected chi connectivity index (χ2v) is 6.12. The van der Waals surface area contributed by atoms with Gasteiger partial charge in [-0.25, -0.2) is 4.98 Å². The largest absolute Gasteiger partial charge is 0.396 e. The molecule has 0 aliphatic heterocycles. The first-order chi connectivity index (χ1) is 11.7. The van der Waals surface area contributed by atoms with Gasteiger partial charge in [-0.15, -0.1) is 0 Å². The molecule has 0 saturated carbocycles. The van der Waals surface area contributed by atoms with E-state index in [0.29, 0.717) is 16.4 Å². The SMILES string of the molecule is Nc1c(N=S)ccc2c(-c3ccccc3)nc3cc(Cl)ccc3c12. The summed E-state index contributed by atoms with van der Waals surface area (Å²) in [5.41, 5.74) is 10.2. The molecule has 0 spiro atoms. The van der Waals surface area contributed by atoms with Gasteiger partial charge in [0.2, 0.25) is 0 Å². The number of anilines is 1. The van der Waals surface area contributed by atoms with Crippen LogP contribution >= 0.6 is 11.6 Å². The quantitative estimate of drug-likeness (QED) is 0.375. The summed E-state index contributed by atoms with van der Waals surface area (Å²) in [7, 11) is 0. The van der Waals surface area contributed by atoms with Gasteiger partial charge in [0.05, 0.1) is 16.9 Å². The van der Waals surface area contributed by atoms with Gasteiger partial charge in [-0.05, 0) is 24.3 Å². The monoisotopic (exact) mass is 349 g/mol. The van der Waals surface area contributed by atoms with E-state index in [4.69, 9.17) is 34.7 Å². The number of aromatic nitrogens is 1. The van der Waals surface area contributed by atoms with Gasteiger partial charge in [0.25, 0.3) is 0 Å². The lowest BCUT2D eigenvalue weighted by atomic mass is 9.98. The van der Waals surface area contributed by atoms with E-state index in [2.05, 4.69) is 4.36 Å². The standard InChI is InChI=1S/C19H12ClN3S/c20-12-6-7-13-16(10-12)22-19(11-4-2-1-3-5-11)14-8-9-15(23-24)18(21)17(13)14/h1-10H,21H2. The molecule has 3 aromatic carbocycles. The van der Waals surface area contributed by atoms with Gasteiger partial charge in [0, 0.05) is 39.2 Å². The number of hydrogen-bond donors (Lipinski definition) is 1. The molecule has 0 atom stereocenters. The summed E-state index contributed by atoms with van der Waals surface area (Å²) < 4.78 is 3.86. The molecule has 0 bridgehead atoms. The van der Waals surface area contributed by atoms with E-state index in [9.17, 15) is 0 Å². The Morgan fingerprint density at radius 2 is 1.71 bits per heavy atom. The number of pyridine rings is 1. The average molecular weight is 350 g/mol. The van der Waals surface area contributed by atoms with Crippen molar-refractivity contribution in [2.45, 2.75) is 0 Å². The number of nitrogens with two attached hydrogens (primary N) is 1. The molecule has 116 valence electrons. The lowest BCUT2D eigenvalue weighted by Crippen LogP contribution is -1.94. The number of hydrogen-bond acceptors (Lipinski definition) is 4. The maximum atomic E-state index is 6.36. The molecule has 0 aliphatic carbocycles. The van der Waals surface area contributed by atoms with Crippen molar-refractivity contribution in [1.82, 2.24) is 4.98 Å². The van der Waals surface area contributed by atoms with Crippen molar-refractivity contribution in [3.8, 4) is 11.3 Å². The molecule has 1 heterocycles. The minimum atomic E-state index is 0.564. The number of nitrogens with zero attached hydrogens (tertiary/aromatic N) is 2. The van der Waals surface area contributed by atoms with Crippen LogP contribution < -0.4 is 5.73 Å². The molecule has 0 fully saturated rings. The van der Waals surface area contributed by atoms with E-state index in [1.54, 1.807) is 0 Å². The number of rotatable bonds is 2. The molecule has 5 heteroatoms. The van der Waals surface area contributed by atoms with Crippen LogP contribution in [0.3, 0.4) is 0 Å². The van der Waals surface area contributed by atoms with Crippen LogP contribution in [0, 0.1) is 0 Å². The zero-order valence-electron chi connectivity index (χ0n) is 12.5. The van der Waals surface area contributed by atoms with Crippen LogP contribution in [0.5, 0.6) is 0 Å². The van der Waals surface area contributed by atoms with Crippen molar-refractivity contribution in [2.75, 3.05) is 5.73 Å². The summed E-state index contributed by atoms with van der Waals surface area (Å²) in [5, 5.41) is 3.45. The number of benzene rings is 3. The number of fused-ring (bicyclic) bond motifs is 3. The third-order valence-corrected chi connectivity index (χ3v) is 4.52. The molecule has 0 saturated heterocycles. The van der Waals surface area contributed by atoms with E-state index in [1.807, 2.05) is 60.7 Å². The summed E-state index contributed by atoms with van der Waals surface area (Å²) >= 11 is 11.0. The number of nitrogen functional groups attached to an aromatic ring is 1. The van der Waals surface area contributed by atoms with Gasteiger partial charge in [0.1, 0.15) is 5.69 Å². The molecule has 3 nitrogen and oxygen atoms in total. The van der Waals surface area contributed by atoms with Crippen molar-refractivity contribution in [2.24, 2.45) is 4.36 Å². The first-order valence-electron chi connectivity index (χ1n) is 7.39. The minimum Gasteiger partial charge on any atom is -0.396 e. The van der Waals surface area contributed by atoms with Gasteiger partial charge < -0.3 is 5.73 Å². The molecule has 0 aliphatic rings. The molecule has 2 N–H and O–H groups in total. The molecule has 4 rings (SSSR count). The van der Waals surface area contributed by atoms with E-state index >= 15 is 0 Å². The Hall–Kier alpha value is -2.56. The average Bonchev–Trinajstić information content (AvgIpc) is 2.61. The fourth-order valence-electron chi connectivity index (χ4n) is 2.98. The Morgan fingerprint density at radius 1 is 0.958 bits per heavy atom. The van der Waals surface area contributed by atoms with E-state index in [0.717, 1.165) is 32.9 Å². The molecule has 0 unspecified atom stereocenters. The van der Waals surface area contributed by atoms with Gasteiger partial charge in [-0.3, -0.25) is 0 Å². The third kappa shape index (κ3) is 2.31. The van der Waals surface area contributed by atoms with Crippen molar-refractivity contribution in [3.05, 3.63) is 65.7 Å². The third-order valence-electron chi connectivity index (χ3n) is 4.08. The van der Waals surface area contributed by atoms with Gasteiger partial charge >= 0.3 is 0 Å². The molecule has 0 radical (unpaired) electrons. The maximum Gasteiger partial charge on any atom is 0.100 e. The lowest BCUT2D eigenvalue weighted by molar-refractivity contribution is 1.42. The van der Waals surface area contributed by atoms with Crippen LogP contribution in [0.1, 0.15) is 0 Å². The molecule has 24 heavy (non-hydrogen) atoms. The van der Waals surface area contributed by atoms with Crippen LogP contribution in [0.2, 0.25) is 5.02 Å². The second kappa shape index (κ2) is 5.82. The summed E-state index contributed by atoms with van der Waals surface area (Å²) in [6.07, 6.45) is 0. The normalized spacial score (nSPS) is 11.0. The Labute approximate surface area is 149 Å². The predicted octanol–water partition coefficient (Wildman–Crippen LogP) is 5.65. The Bertz CT molecular complexity index is 1090. The Kier molecular flexibility index (Phi) is 3.63. The zero-order valence-corrected chi connectivity index (χ0v) is 14.1. The summed E-state index contributed by atoms with van der Waals surface area (Å²) in [4.78, 5) is 4.83.